The number of allylic oxidation sites excluding steroid dienone is 2. The number of carbonyl (C=O) groups excluding carboxylic acids is 1. The zero-order chi connectivity index (χ0) is 26.0. The Balaban J connectivity index is 1.47. The normalized spacial score (nSPS) is 18.3. The van der Waals surface area contributed by atoms with Crippen LogP contribution in [0, 0.1) is 5.41 Å². The maximum Gasteiger partial charge on any atom is 0.228 e. The van der Waals surface area contributed by atoms with E-state index in [1.165, 1.54) is 0 Å². The summed E-state index contributed by atoms with van der Waals surface area (Å²) >= 11 is 0. The average molecular weight is 503 g/mol. The quantitative estimate of drug-likeness (QED) is 0.296. The average Bonchev–Trinajstić information content (AvgIpc) is 3.35. The van der Waals surface area contributed by atoms with Crippen molar-refractivity contribution in [3.63, 3.8) is 0 Å². The van der Waals surface area contributed by atoms with Crippen molar-refractivity contribution in [2.24, 2.45) is 5.41 Å². The molecular weight excluding hydrogens is 476 g/mol. The SMILES string of the molecule is COc1ccc([C@@H]2C3=C(CC(C)(C)CC3=O)Oc3ncn4nc(-c5cccc6ccccc56)nc4c32)cc1. The first-order chi connectivity index (χ1) is 18.4. The number of ketones is 1. The molecule has 2 aliphatic rings. The Labute approximate surface area is 219 Å². The number of rotatable bonds is 3. The molecule has 0 saturated heterocycles. The maximum absolute atomic E-state index is 13.6. The number of aromatic nitrogens is 4. The summed E-state index contributed by atoms with van der Waals surface area (Å²) in [7, 11) is 1.64. The van der Waals surface area contributed by atoms with E-state index >= 15 is 0 Å². The summed E-state index contributed by atoms with van der Waals surface area (Å²) in [5.41, 5.74) is 3.78. The van der Waals surface area contributed by atoms with Gasteiger partial charge in [0, 0.05) is 29.9 Å². The van der Waals surface area contributed by atoms with Crippen LogP contribution in [-0.4, -0.2) is 32.5 Å². The molecule has 38 heavy (non-hydrogen) atoms. The van der Waals surface area contributed by atoms with Crippen molar-refractivity contribution >= 4 is 22.2 Å². The number of methoxy groups -OCH3 is 1. The minimum Gasteiger partial charge on any atom is -0.497 e. The number of ether oxygens (including phenoxy) is 2. The number of hydrogen-bond donors (Lipinski definition) is 0. The summed E-state index contributed by atoms with van der Waals surface area (Å²) in [6.45, 7) is 4.20. The lowest BCUT2D eigenvalue weighted by molar-refractivity contribution is -0.118. The Bertz CT molecular complexity index is 1780. The van der Waals surface area contributed by atoms with Crippen LogP contribution in [-0.2, 0) is 4.79 Å². The highest BCUT2D eigenvalue weighted by Gasteiger charge is 2.44. The van der Waals surface area contributed by atoms with E-state index in [-0.39, 0.29) is 17.1 Å². The highest BCUT2D eigenvalue weighted by Crippen LogP contribution is 2.50. The van der Waals surface area contributed by atoms with Crippen molar-refractivity contribution in [1.82, 2.24) is 19.6 Å². The van der Waals surface area contributed by atoms with Crippen LogP contribution in [0.15, 0.2) is 84.4 Å². The third kappa shape index (κ3) is 3.49. The van der Waals surface area contributed by atoms with E-state index < -0.39 is 0 Å². The minimum atomic E-state index is -0.371. The molecule has 0 bridgehead atoms. The second-order valence-corrected chi connectivity index (χ2v) is 10.8. The van der Waals surface area contributed by atoms with Crippen molar-refractivity contribution in [3.8, 4) is 23.0 Å². The molecule has 0 amide bonds. The number of Topliss-reactive ketones (excluding diaryl/α,β-unsaturated/α-hetero) is 1. The number of fused-ring (bicyclic) bond motifs is 4. The van der Waals surface area contributed by atoms with E-state index in [1.54, 1.807) is 18.0 Å². The molecule has 1 atom stereocenters. The summed E-state index contributed by atoms with van der Waals surface area (Å²) < 4.78 is 13.5. The fourth-order valence-corrected chi connectivity index (χ4v) is 5.81. The van der Waals surface area contributed by atoms with Crippen molar-refractivity contribution in [2.45, 2.75) is 32.6 Å². The molecule has 3 aromatic carbocycles. The first-order valence-electron chi connectivity index (χ1n) is 12.7. The molecule has 0 N–H and O–H groups in total. The van der Waals surface area contributed by atoms with Crippen molar-refractivity contribution < 1.29 is 14.3 Å². The molecule has 2 aromatic heterocycles. The van der Waals surface area contributed by atoms with Gasteiger partial charge in [-0.05, 0) is 33.9 Å². The molecule has 7 heteroatoms. The Morgan fingerprint density at radius 1 is 1.00 bits per heavy atom. The number of hydrogen-bond acceptors (Lipinski definition) is 6. The molecular formula is C31H26N4O3. The van der Waals surface area contributed by atoms with Crippen molar-refractivity contribution in [1.29, 1.82) is 0 Å². The summed E-state index contributed by atoms with van der Waals surface area (Å²) in [5, 5.41) is 7.00. The minimum absolute atomic E-state index is 0.0958. The molecule has 7 rings (SSSR count). The largest absolute Gasteiger partial charge is 0.497 e. The molecule has 188 valence electrons. The molecule has 7 nitrogen and oxygen atoms in total. The Morgan fingerprint density at radius 3 is 2.61 bits per heavy atom. The molecule has 1 aliphatic heterocycles. The van der Waals surface area contributed by atoms with Gasteiger partial charge in [0.25, 0.3) is 0 Å². The van der Waals surface area contributed by atoms with Crippen LogP contribution in [0.2, 0.25) is 0 Å². The molecule has 1 aliphatic carbocycles. The monoisotopic (exact) mass is 502 g/mol. The van der Waals surface area contributed by atoms with Crippen LogP contribution in [0.4, 0.5) is 0 Å². The first kappa shape index (κ1) is 22.7. The van der Waals surface area contributed by atoms with E-state index in [4.69, 9.17) is 19.6 Å². The topological polar surface area (TPSA) is 78.6 Å². The number of carbonyl (C=O) groups is 1. The lowest BCUT2D eigenvalue weighted by atomic mass is 9.70. The third-order valence-corrected chi connectivity index (χ3v) is 7.54. The summed E-state index contributed by atoms with van der Waals surface area (Å²) in [5.74, 6) is 2.25. The van der Waals surface area contributed by atoms with E-state index in [1.807, 2.05) is 48.5 Å². The van der Waals surface area contributed by atoms with Gasteiger partial charge in [0.2, 0.25) is 5.88 Å². The van der Waals surface area contributed by atoms with Gasteiger partial charge >= 0.3 is 0 Å². The predicted octanol–water partition coefficient (Wildman–Crippen LogP) is 6.12. The Hall–Kier alpha value is -4.52. The second kappa shape index (κ2) is 8.25. The predicted molar refractivity (Wildman–Crippen MR) is 144 cm³/mol. The van der Waals surface area contributed by atoms with Crippen LogP contribution in [0.1, 0.15) is 43.7 Å². The summed E-state index contributed by atoms with van der Waals surface area (Å²) in [6, 6.07) is 22.2. The van der Waals surface area contributed by atoms with Crippen LogP contribution in [0.25, 0.3) is 27.8 Å². The molecule has 0 fully saturated rings. The fraction of sp³-hybridized carbons (Fsp3) is 0.226. The molecule has 0 unspecified atom stereocenters. The molecule has 3 heterocycles. The summed E-state index contributed by atoms with van der Waals surface area (Å²) in [4.78, 5) is 23.3. The van der Waals surface area contributed by atoms with Gasteiger partial charge in [0.15, 0.2) is 17.3 Å². The van der Waals surface area contributed by atoms with Gasteiger partial charge in [0.1, 0.15) is 17.8 Å². The van der Waals surface area contributed by atoms with E-state index in [9.17, 15) is 4.79 Å². The fourth-order valence-electron chi connectivity index (χ4n) is 5.81. The zero-order valence-electron chi connectivity index (χ0n) is 21.4. The third-order valence-electron chi connectivity index (χ3n) is 7.54. The highest BCUT2D eigenvalue weighted by molar-refractivity contribution is 6.00. The molecule has 0 spiro atoms. The smallest absolute Gasteiger partial charge is 0.228 e. The second-order valence-electron chi connectivity index (χ2n) is 10.8. The van der Waals surface area contributed by atoms with Gasteiger partial charge in [-0.15, -0.1) is 5.10 Å². The zero-order valence-corrected chi connectivity index (χ0v) is 21.4. The van der Waals surface area contributed by atoms with Crippen molar-refractivity contribution in [3.05, 3.63) is 95.5 Å². The van der Waals surface area contributed by atoms with E-state index in [0.29, 0.717) is 41.5 Å². The molecule has 0 saturated carbocycles. The highest BCUT2D eigenvalue weighted by atomic mass is 16.5. The van der Waals surface area contributed by atoms with Gasteiger partial charge in [-0.3, -0.25) is 4.79 Å². The standard InChI is InChI=1S/C31H26N4O3/c1-31(2)15-23(36)26-24(16-31)38-30-27(25(26)19-11-13-20(37-3)14-12-19)29-33-28(34-35(29)17-32-30)22-10-6-8-18-7-4-5-9-21(18)22/h4-14,17,25H,15-16H2,1-3H3/t25-/m1/s1. The van der Waals surface area contributed by atoms with Crippen LogP contribution in [0.3, 0.4) is 0 Å². The van der Waals surface area contributed by atoms with Gasteiger partial charge in [0.05, 0.1) is 12.7 Å². The van der Waals surface area contributed by atoms with Gasteiger partial charge in [-0.25, -0.2) is 14.5 Å². The number of benzene rings is 3. The van der Waals surface area contributed by atoms with Crippen LogP contribution in [0.5, 0.6) is 11.6 Å². The van der Waals surface area contributed by atoms with Gasteiger partial charge in [-0.1, -0.05) is 68.4 Å². The van der Waals surface area contributed by atoms with Gasteiger partial charge in [-0.2, -0.15) is 0 Å². The maximum atomic E-state index is 13.6. The molecule has 5 aromatic rings. The lowest BCUT2D eigenvalue weighted by Crippen LogP contribution is -2.33. The molecule has 0 radical (unpaired) electrons. The van der Waals surface area contributed by atoms with Gasteiger partial charge < -0.3 is 9.47 Å². The van der Waals surface area contributed by atoms with E-state index in [2.05, 4.69) is 37.0 Å². The van der Waals surface area contributed by atoms with Crippen molar-refractivity contribution in [2.75, 3.05) is 7.11 Å². The summed E-state index contributed by atoms with van der Waals surface area (Å²) in [6.07, 6.45) is 2.77. The van der Waals surface area contributed by atoms with Crippen LogP contribution < -0.4 is 9.47 Å². The van der Waals surface area contributed by atoms with E-state index in [0.717, 1.165) is 33.2 Å². The lowest BCUT2D eigenvalue weighted by Gasteiger charge is -2.37. The van der Waals surface area contributed by atoms with Crippen LogP contribution >= 0.6 is 0 Å². The first-order valence-corrected chi connectivity index (χ1v) is 12.7. The Morgan fingerprint density at radius 2 is 1.79 bits per heavy atom. The Kier molecular flexibility index (Phi) is 4.92. The number of nitrogens with zero attached hydrogens (tertiary/aromatic N) is 4.